The summed E-state index contributed by atoms with van der Waals surface area (Å²) < 4.78 is 6.54. The van der Waals surface area contributed by atoms with E-state index in [-0.39, 0.29) is 5.91 Å². The highest BCUT2D eigenvalue weighted by Gasteiger charge is 2.24. The number of nitrogens with zero attached hydrogens (tertiary/aromatic N) is 3. The Labute approximate surface area is 169 Å². The van der Waals surface area contributed by atoms with Gasteiger partial charge in [-0.1, -0.05) is 41.2 Å². The van der Waals surface area contributed by atoms with E-state index in [1.165, 1.54) is 0 Å². The van der Waals surface area contributed by atoms with Crippen molar-refractivity contribution in [2.75, 3.05) is 44.3 Å². The number of amides is 1. The van der Waals surface area contributed by atoms with Gasteiger partial charge in [-0.2, -0.15) is 0 Å². The SMILES string of the molecule is Cc1ccc(C)c(C(=O)N(CCN2CCOCC2)c2nc3ccccc3s2)c1. The van der Waals surface area contributed by atoms with Crippen LogP contribution in [0.15, 0.2) is 42.5 Å². The molecule has 0 saturated carbocycles. The maximum Gasteiger partial charge on any atom is 0.260 e. The van der Waals surface area contributed by atoms with Gasteiger partial charge in [0.1, 0.15) is 0 Å². The summed E-state index contributed by atoms with van der Waals surface area (Å²) in [6, 6.07) is 14.1. The van der Waals surface area contributed by atoms with Crippen molar-refractivity contribution < 1.29 is 9.53 Å². The van der Waals surface area contributed by atoms with E-state index < -0.39 is 0 Å². The molecular weight excluding hydrogens is 370 g/mol. The minimum Gasteiger partial charge on any atom is -0.379 e. The van der Waals surface area contributed by atoms with Crippen LogP contribution in [0.4, 0.5) is 5.13 Å². The Morgan fingerprint density at radius 2 is 1.96 bits per heavy atom. The molecule has 0 bridgehead atoms. The summed E-state index contributed by atoms with van der Waals surface area (Å²) in [5, 5.41) is 0.764. The van der Waals surface area contributed by atoms with Crippen LogP contribution in [0.5, 0.6) is 0 Å². The van der Waals surface area contributed by atoms with E-state index in [1.54, 1.807) is 11.3 Å². The third-order valence-corrected chi connectivity index (χ3v) is 6.19. The number of thiazole rings is 1. The van der Waals surface area contributed by atoms with Crippen LogP contribution in [0, 0.1) is 13.8 Å². The number of rotatable bonds is 5. The van der Waals surface area contributed by atoms with Gasteiger partial charge < -0.3 is 4.74 Å². The molecule has 1 saturated heterocycles. The molecule has 2 aromatic carbocycles. The zero-order valence-electron chi connectivity index (χ0n) is 16.4. The number of para-hydroxylation sites is 1. The lowest BCUT2D eigenvalue weighted by molar-refractivity contribution is 0.0391. The Morgan fingerprint density at radius 1 is 1.18 bits per heavy atom. The average Bonchev–Trinajstić information content (AvgIpc) is 3.14. The zero-order chi connectivity index (χ0) is 19.5. The smallest absolute Gasteiger partial charge is 0.260 e. The number of ether oxygens (including phenoxy) is 1. The van der Waals surface area contributed by atoms with Crippen LogP contribution >= 0.6 is 11.3 Å². The monoisotopic (exact) mass is 395 g/mol. The first-order valence-electron chi connectivity index (χ1n) is 9.66. The predicted molar refractivity (Wildman–Crippen MR) is 114 cm³/mol. The highest BCUT2D eigenvalue weighted by molar-refractivity contribution is 7.22. The molecule has 4 rings (SSSR count). The quantitative estimate of drug-likeness (QED) is 0.657. The van der Waals surface area contributed by atoms with Crippen molar-refractivity contribution in [3.8, 4) is 0 Å². The van der Waals surface area contributed by atoms with Crippen LogP contribution in [0.3, 0.4) is 0 Å². The van der Waals surface area contributed by atoms with Gasteiger partial charge in [-0.3, -0.25) is 14.6 Å². The van der Waals surface area contributed by atoms with E-state index in [0.29, 0.717) is 6.54 Å². The minimum absolute atomic E-state index is 0.0218. The van der Waals surface area contributed by atoms with Crippen molar-refractivity contribution in [3.05, 3.63) is 59.2 Å². The van der Waals surface area contributed by atoms with E-state index in [1.807, 2.05) is 55.1 Å². The summed E-state index contributed by atoms with van der Waals surface area (Å²) in [5.41, 5.74) is 3.77. The molecule has 0 atom stereocenters. The molecule has 1 fully saturated rings. The maximum atomic E-state index is 13.5. The first kappa shape index (κ1) is 19.1. The molecule has 0 unspecified atom stereocenters. The first-order valence-corrected chi connectivity index (χ1v) is 10.5. The number of hydrogen-bond donors (Lipinski definition) is 0. The Morgan fingerprint density at radius 3 is 2.75 bits per heavy atom. The molecule has 0 spiro atoms. The van der Waals surface area contributed by atoms with E-state index in [4.69, 9.17) is 9.72 Å². The van der Waals surface area contributed by atoms with Crippen LogP contribution in [-0.4, -0.2) is 55.2 Å². The molecule has 1 aromatic heterocycles. The van der Waals surface area contributed by atoms with Gasteiger partial charge >= 0.3 is 0 Å². The van der Waals surface area contributed by atoms with Gasteiger partial charge in [-0.15, -0.1) is 0 Å². The van der Waals surface area contributed by atoms with Crippen molar-refractivity contribution in [1.29, 1.82) is 0 Å². The summed E-state index contributed by atoms with van der Waals surface area (Å²) in [6.45, 7) is 8.77. The Kier molecular flexibility index (Phi) is 5.71. The maximum absolute atomic E-state index is 13.5. The molecule has 6 heteroatoms. The van der Waals surface area contributed by atoms with E-state index in [2.05, 4.69) is 11.0 Å². The molecule has 5 nitrogen and oxygen atoms in total. The van der Waals surface area contributed by atoms with Crippen LogP contribution in [0.2, 0.25) is 0 Å². The van der Waals surface area contributed by atoms with Gasteiger partial charge in [0.15, 0.2) is 5.13 Å². The molecule has 1 aliphatic rings. The lowest BCUT2D eigenvalue weighted by Crippen LogP contribution is -2.43. The number of anilines is 1. The van der Waals surface area contributed by atoms with Gasteiger partial charge in [0.25, 0.3) is 5.91 Å². The molecule has 3 aromatic rings. The highest BCUT2D eigenvalue weighted by Crippen LogP contribution is 2.30. The fourth-order valence-electron chi connectivity index (χ4n) is 3.44. The first-order chi connectivity index (χ1) is 13.6. The molecule has 0 radical (unpaired) electrons. The third-order valence-electron chi connectivity index (χ3n) is 5.13. The standard InChI is InChI=1S/C22H25N3O2S/c1-16-7-8-17(2)18(15-16)21(26)25(10-9-24-11-13-27-14-12-24)22-23-19-5-3-4-6-20(19)28-22/h3-8,15H,9-14H2,1-2H3. The van der Waals surface area contributed by atoms with Crippen LogP contribution in [0.25, 0.3) is 10.2 Å². The predicted octanol–water partition coefficient (Wildman–Crippen LogP) is 3.89. The fraction of sp³-hybridized carbons (Fsp3) is 0.364. The molecule has 1 aliphatic heterocycles. The largest absolute Gasteiger partial charge is 0.379 e. The molecular formula is C22H25N3O2S. The zero-order valence-corrected chi connectivity index (χ0v) is 17.2. The number of hydrogen-bond acceptors (Lipinski definition) is 5. The van der Waals surface area contributed by atoms with Crippen molar-refractivity contribution >= 4 is 32.6 Å². The second-order valence-electron chi connectivity index (χ2n) is 7.19. The summed E-state index contributed by atoms with van der Waals surface area (Å²) in [5.74, 6) is 0.0218. The minimum atomic E-state index is 0.0218. The highest BCUT2D eigenvalue weighted by atomic mass is 32.1. The van der Waals surface area contributed by atoms with Crippen molar-refractivity contribution in [3.63, 3.8) is 0 Å². The number of aryl methyl sites for hydroxylation is 2. The van der Waals surface area contributed by atoms with E-state index in [9.17, 15) is 4.79 Å². The van der Waals surface area contributed by atoms with Gasteiger partial charge in [0.2, 0.25) is 0 Å². The number of fused-ring (bicyclic) bond motifs is 1. The second-order valence-corrected chi connectivity index (χ2v) is 8.20. The summed E-state index contributed by atoms with van der Waals surface area (Å²) in [4.78, 5) is 22.5. The second kappa shape index (κ2) is 8.39. The van der Waals surface area contributed by atoms with Crippen LogP contribution < -0.4 is 4.90 Å². The van der Waals surface area contributed by atoms with Crippen molar-refractivity contribution in [2.24, 2.45) is 0 Å². The van der Waals surface area contributed by atoms with E-state index in [0.717, 1.165) is 64.9 Å². The molecule has 1 amide bonds. The molecule has 28 heavy (non-hydrogen) atoms. The Bertz CT molecular complexity index is 946. The topological polar surface area (TPSA) is 45.7 Å². The number of morpholine rings is 1. The fourth-order valence-corrected chi connectivity index (χ4v) is 4.43. The lowest BCUT2D eigenvalue weighted by Gasteiger charge is -2.29. The normalized spacial score (nSPS) is 15.1. The van der Waals surface area contributed by atoms with Gasteiger partial charge in [-0.25, -0.2) is 4.98 Å². The molecule has 0 aliphatic carbocycles. The Balaban J connectivity index is 1.65. The van der Waals surface area contributed by atoms with Gasteiger partial charge in [0, 0.05) is 31.7 Å². The molecule has 0 N–H and O–H groups in total. The lowest BCUT2D eigenvalue weighted by atomic mass is 10.0. The number of carbonyl (C=O) groups is 1. The average molecular weight is 396 g/mol. The Hall–Kier alpha value is -2.28. The third kappa shape index (κ3) is 4.09. The van der Waals surface area contributed by atoms with Crippen LogP contribution in [0.1, 0.15) is 21.5 Å². The molecule has 146 valence electrons. The van der Waals surface area contributed by atoms with E-state index >= 15 is 0 Å². The number of carbonyl (C=O) groups excluding carboxylic acids is 1. The van der Waals surface area contributed by atoms with Crippen LogP contribution in [-0.2, 0) is 4.74 Å². The number of benzene rings is 2. The summed E-state index contributed by atoms with van der Waals surface area (Å²) in [7, 11) is 0. The summed E-state index contributed by atoms with van der Waals surface area (Å²) in [6.07, 6.45) is 0. The van der Waals surface area contributed by atoms with Crippen molar-refractivity contribution in [2.45, 2.75) is 13.8 Å². The van der Waals surface area contributed by atoms with Crippen molar-refractivity contribution in [1.82, 2.24) is 9.88 Å². The van der Waals surface area contributed by atoms with Gasteiger partial charge in [-0.05, 0) is 37.6 Å². The van der Waals surface area contributed by atoms with Gasteiger partial charge in [0.05, 0.1) is 23.4 Å². The summed E-state index contributed by atoms with van der Waals surface area (Å²) >= 11 is 1.58. The molecule has 2 heterocycles. The number of aromatic nitrogens is 1.